The van der Waals surface area contributed by atoms with Gasteiger partial charge in [-0.25, -0.2) is 0 Å². The maximum atomic E-state index is 12.2. The molecule has 4 nitrogen and oxygen atoms in total. The molecular formula is C26H26N2O2. The molecule has 0 radical (unpaired) electrons. The number of carbonyl (C=O) groups is 1. The van der Waals surface area contributed by atoms with Gasteiger partial charge in [0.2, 0.25) is 0 Å². The molecule has 0 N–H and O–H groups in total. The van der Waals surface area contributed by atoms with E-state index >= 15 is 0 Å². The van der Waals surface area contributed by atoms with Crippen molar-refractivity contribution < 1.29 is 9.53 Å². The number of Topliss-reactive ketones (excluding diaryl/α,β-unsaturated/α-hetero) is 1. The Labute approximate surface area is 177 Å². The summed E-state index contributed by atoms with van der Waals surface area (Å²) >= 11 is 0. The average molecular weight is 399 g/mol. The summed E-state index contributed by atoms with van der Waals surface area (Å²) in [5.41, 5.74) is 2.72. The van der Waals surface area contributed by atoms with Gasteiger partial charge in [-0.2, -0.15) is 0 Å². The molecule has 0 aliphatic carbocycles. The lowest BCUT2D eigenvalue weighted by Crippen LogP contribution is -2.52. The van der Waals surface area contributed by atoms with Crippen molar-refractivity contribution in [1.29, 1.82) is 0 Å². The minimum Gasteiger partial charge on any atom is -0.497 e. The third kappa shape index (κ3) is 3.50. The van der Waals surface area contributed by atoms with Crippen LogP contribution in [0.25, 0.3) is 0 Å². The largest absolute Gasteiger partial charge is 0.497 e. The molecule has 0 aromatic heterocycles. The normalized spacial score (nSPS) is 16.3. The molecule has 1 atom stereocenters. The van der Waals surface area contributed by atoms with Crippen LogP contribution in [-0.2, 0) is 10.3 Å². The van der Waals surface area contributed by atoms with Crippen LogP contribution in [0.5, 0.6) is 5.75 Å². The van der Waals surface area contributed by atoms with E-state index in [0.29, 0.717) is 13.1 Å². The zero-order valence-corrected chi connectivity index (χ0v) is 17.4. The van der Waals surface area contributed by atoms with Crippen molar-refractivity contribution in [3.05, 3.63) is 102 Å². The zero-order valence-electron chi connectivity index (χ0n) is 17.4. The number of hydrogen-bond donors (Lipinski definition) is 0. The number of ketones is 1. The van der Waals surface area contributed by atoms with Crippen molar-refractivity contribution in [2.45, 2.75) is 12.5 Å². The Morgan fingerprint density at radius 3 is 1.93 bits per heavy atom. The molecule has 1 aliphatic heterocycles. The standard InChI is InChI=1S/C26H26N2O2/c1-20(29)21-17-27-19-28(18-21)26(22-9-5-3-6-10-22,23-11-7-4-8-12-23)24-13-15-25(30-2)16-14-24/h3-16,19,21H,17-18H2,1-2H3. The number of carbonyl (C=O) groups excluding carboxylic acids is 1. The van der Waals surface area contributed by atoms with Crippen LogP contribution in [0.2, 0.25) is 0 Å². The summed E-state index contributed by atoms with van der Waals surface area (Å²) in [7, 11) is 1.67. The lowest BCUT2D eigenvalue weighted by molar-refractivity contribution is -0.121. The Morgan fingerprint density at radius 1 is 0.900 bits per heavy atom. The molecular weight excluding hydrogens is 372 g/mol. The van der Waals surface area contributed by atoms with Gasteiger partial charge < -0.3 is 9.64 Å². The van der Waals surface area contributed by atoms with E-state index in [0.717, 1.165) is 22.4 Å². The van der Waals surface area contributed by atoms with Crippen molar-refractivity contribution in [3.8, 4) is 5.75 Å². The Kier molecular flexibility index (Phi) is 5.66. The highest BCUT2D eigenvalue weighted by atomic mass is 16.5. The minimum absolute atomic E-state index is 0.125. The first-order chi connectivity index (χ1) is 14.7. The van der Waals surface area contributed by atoms with Crippen molar-refractivity contribution >= 4 is 12.1 Å². The number of nitrogens with zero attached hydrogens (tertiary/aromatic N) is 2. The first kappa shape index (κ1) is 19.9. The van der Waals surface area contributed by atoms with E-state index in [1.807, 2.05) is 30.6 Å². The molecule has 1 heterocycles. The Balaban J connectivity index is 2.00. The summed E-state index contributed by atoms with van der Waals surface area (Å²) in [5.74, 6) is 0.851. The lowest BCUT2D eigenvalue weighted by Gasteiger charge is -2.47. The highest BCUT2D eigenvalue weighted by Gasteiger charge is 2.43. The van der Waals surface area contributed by atoms with E-state index in [9.17, 15) is 4.79 Å². The summed E-state index contributed by atoms with van der Waals surface area (Å²) in [6.07, 6.45) is 1.91. The molecule has 30 heavy (non-hydrogen) atoms. The SMILES string of the molecule is COc1ccc(C(c2ccccc2)(c2ccccc2)N2C=NCC(C(C)=O)C2)cc1. The molecule has 4 heteroatoms. The van der Waals surface area contributed by atoms with Gasteiger partial charge in [-0.1, -0.05) is 72.8 Å². The fourth-order valence-electron chi connectivity index (χ4n) is 4.28. The highest BCUT2D eigenvalue weighted by molar-refractivity contribution is 5.80. The molecule has 0 saturated carbocycles. The van der Waals surface area contributed by atoms with E-state index < -0.39 is 5.54 Å². The second kappa shape index (κ2) is 8.54. The van der Waals surface area contributed by atoms with E-state index in [1.165, 1.54) is 0 Å². The molecule has 4 rings (SSSR count). The fraction of sp³-hybridized carbons (Fsp3) is 0.231. The number of aliphatic imine (C=N–C) groups is 1. The second-order valence-electron chi connectivity index (χ2n) is 7.61. The van der Waals surface area contributed by atoms with Gasteiger partial charge in [0, 0.05) is 6.54 Å². The van der Waals surface area contributed by atoms with E-state index in [2.05, 4.69) is 70.6 Å². The van der Waals surface area contributed by atoms with Gasteiger partial charge >= 0.3 is 0 Å². The predicted molar refractivity (Wildman–Crippen MR) is 120 cm³/mol. The monoisotopic (exact) mass is 398 g/mol. The summed E-state index contributed by atoms with van der Waals surface area (Å²) in [4.78, 5) is 19.1. The van der Waals surface area contributed by atoms with Crippen LogP contribution in [-0.4, -0.2) is 37.2 Å². The topological polar surface area (TPSA) is 41.9 Å². The van der Waals surface area contributed by atoms with Crippen LogP contribution in [0, 0.1) is 5.92 Å². The number of ether oxygens (including phenoxy) is 1. The molecule has 3 aromatic carbocycles. The van der Waals surface area contributed by atoms with Gasteiger partial charge in [0.05, 0.1) is 25.9 Å². The van der Waals surface area contributed by atoms with Gasteiger partial charge in [0.25, 0.3) is 0 Å². The second-order valence-corrected chi connectivity index (χ2v) is 7.61. The van der Waals surface area contributed by atoms with Crippen LogP contribution in [0.1, 0.15) is 23.6 Å². The average Bonchev–Trinajstić information content (AvgIpc) is 2.82. The molecule has 1 unspecified atom stereocenters. The summed E-state index contributed by atoms with van der Waals surface area (Å²) in [5, 5.41) is 0. The lowest BCUT2D eigenvalue weighted by atomic mass is 9.75. The molecule has 152 valence electrons. The molecule has 1 aliphatic rings. The highest BCUT2D eigenvalue weighted by Crippen LogP contribution is 2.43. The molecule has 0 bridgehead atoms. The van der Waals surface area contributed by atoms with Crippen LogP contribution in [0.4, 0.5) is 0 Å². The third-order valence-electron chi connectivity index (χ3n) is 5.86. The first-order valence-corrected chi connectivity index (χ1v) is 10.2. The van der Waals surface area contributed by atoms with E-state index in [4.69, 9.17) is 4.74 Å². The van der Waals surface area contributed by atoms with Crippen molar-refractivity contribution in [2.24, 2.45) is 10.9 Å². The van der Waals surface area contributed by atoms with Gasteiger partial charge in [0.1, 0.15) is 17.1 Å². The Bertz CT molecular complexity index is 974. The van der Waals surface area contributed by atoms with Gasteiger partial charge in [-0.05, 0) is 35.7 Å². The Morgan fingerprint density at radius 2 is 1.43 bits per heavy atom. The van der Waals surface area contributed by atoms with Crippen LogP contribution >= 0.6 is 0 Å². The summed E-state index contributed by atoms with van der Waals surface area (Å²) < 4.78 is 5.40. The Hall–Kier alpha value is -3.40. The maximum Gasteiger partial charge on any atom is 0.136 e. The van der Waals surface area contributed by atoms with Crippen molar-refractivity contribution in [1.82, 2.24) is 4.90 Å². The minimum atomic E-state index is -0.619. The van der Waals surface area contributed by atoms with Crippen LogP contribution in [0.15, 0.2) is 89.9 Å². The van der Waals surface area contributed by atoms with Crippen molar-refractivity contribution in [3.63, 3.8) is 0 Å². The molecule has 0 amide bonds. The van der Waals surface area contributed by atoms with Crippen LogP contribution < -0.4 is 4.74 Å². The number of hydrogen-bond acceptors (Lipinski definition) is 4. The predicted octanol–water partition coefficient (Wildman–Crippen LogP) is 4.54. The summed E-state index contributed by atoms with van der Waals surface area (Å²) in [6.45, 7) is 2.80. The molecule has 0 saturated heterocycles. The summed E-state index contributed by atoms with van der Waals surface area (Å²) in [6, 6.07) is 29.0. The van der Waals surface area contributed by atoms with Crippen molar-refractivity contribution in [2.75, 3.05) is 20.2 Å². The number of rotatable bonds is 6. The van der Waals surface area contributed by atoms with Gasteiger partial charge in [-0.15, -0.1) is 0 Å². The smallest absolute Gasteiger partial charge is 0.136 e. The molecule has 3 aromatic rings. The first-order valence-electron chi connectivity index (χ1n) is 10.2. The third-order valence-corrected chi connectivity index (χ3v) is 5.86. The maximum absolute atomic E-state index is 12.2. The molecule has 0 fully saturated rings. The fourth-order valence-corrected chi connectivity index (χ4v) is 4.28. The molecule has 0 spiro atoms. The van der Waals surface area contributed by atoms with Gasteiger partial charge in [-0.3, -0.25) is 9.79 Å². The number of methoxy groups -OCH3 is 1. The van der Waals surface area contributed by atoms with E-state index in [-0.39, 0.29) is 11.7 Å². The van der Waals surface area contributed by atoms with Crippen LogP contribution in [0.3, 0.4) is 0 Å². The zero-order chi connectivity index (χ0) is 21.0. The van der Waals surface area contributed by atoms with E-state index in [1.54, 1.807) is 14.0 Å². The van der Waals surface area contributed by atoms with Gasteiger partial charge in [0.15, 0.2) is 0 Å². The number of benzene rings is 3. The quantitative estimate of drug-likeness (QED) is 0.573.